The van der Waals surface area contributed by atoms with Gasteiger partial charge in [-0.2, -0.15) is 0 Å². The standard InChI is InChI=1S/C29H24N2OS/c1-20-17-21(2)27-26(18-20)33-29(30-27)31(19-22-9-5-3-6-10-22)28(32)25-15-13-24(14-16-25)23-11-7-4-8-12-23/h3-18H,19H2,1-2H3. The van der Waals surface area contributed by atoms with E-state index < -0.39 is 0 Å². The Morgan fingerprint density at radius 1 is 0.818 bits per heavy atom. The van der Waals surface area contributed by atoms with Crippen molar-refractivity contribution in [2.75, 3.05) is 4.90 Å². The molecule has 162 valence electrons. The molecule has 5 aromatic rings. The van der Waals surface area contributed by atoms with Gasteiger partial charge >= 0.3 is 0 Å². The number of nitrogens with zero attached hydrogens (tertiary/aromatic N) is 2. The van der Waals surface area contributed by atoms with Crippen LogP contribution >= 0.6 is 11.3 Å². The SMILES string of the molecule is Cc1cc(C)c2nc(N(Cc3ccccc3)C(=O)c3ccc(-c4ccccc4)cc3)sc2c1. The molecule has 0 bridgehead atoms. The molecule has 0 N–H and O–H groups in total. The molecule has 3 nitrogen and oxygen atoms in total. The van der Waals surface area contributed by atoms with Crippen LogP contribution in [0.4, 0.5) is 5.13 Å². The second kappa shape index (κ2) is 9.00. The Hall–Kier alpha value is -3.76. The van der Waals surface area contributed by atoms with Crippen molar-refractivity contribution in [1.82, 2.24) is 4.98 Å². The molecule has 0 atom stereocenters. The van der Waals surface area contributed by atoms with Crippen LogP contribution in [0.3, 0.4) is 0 Å². The van der Waals surface area contributed by atoms with Gasteiger partial charge < -0.3 is 0 Å². The van der Waals surface area contributed by atoms with Crippen molar-refractivity contribution in [3.63, 3.8) is 0 Å². The van der Waals surface area contributed by atoms with Gasteiger partial charge in [-0.15, -0.1) is 0 Å². The van der Waals surface area contributed by atoms with E-state index in [9.17, 15) is 4.79 Å². The minimum atomic E-state index is -0.0492. The van der Waals surface area contributed by atoms with Crippen LogP contribution < -0.4 is 4.90 Å². The minimum absolute atomic E-state index is 0.0492. The summed E-state index contributed by atoms with van der Waals surface area (Å²) in [6.45, 7) is 4.63. The second-order valence-electron chi connectivity index (χ2n) is 8.25. The summed E-state index contributed by atoms with van der Waals surface area (Å²) in [5, 5.41) is 0.722. The lowest BCUT2D eigenvalue weighted by Crippen LogP contribution is -2.30. The van der Waals surface area contributed by atoms with Gasteiger partial charge in [-0.3, -0.25) is 9.69 Å². The highest BCUT2D eigenvalue weighted by molar-refractivity contribution is 7.22. The van der Waals surface area contributed by atoms with Gasteiger partial charge in [-0.05, 0) is 59.9 Å². The molecule has 1 heterocycles. The van der Waals surface area contributed by atoms with Crippen LogP contribution in [0.15, 0.2) is 97.1 Å². The first-order valence-corrected chi connectivity index (χ1v) is 11.8. The molecule has 1 amide bonds. The lowest BCUT2D eigenvalue weighted by atomic mass is 10.0. The van der Waals surface area contributed by atoms with E-state index in [0.717, 1.165) is 37.6 Å². The van der Waals surface area contributed by atoms with Crippen LogP contribution in [-0.2, 0) is 6.54 Å². The first kappa shape index (κ1) is 21.1. The third-order valence-corrected chi connectivity index (χ3v) is 6.74. The maximum Gasteiger partial charge on any atom is 0.260 e. The summed E-state index contributed by atoms with van der Waals surface area (Å²) in [5.74, 6) is -0.0492. The summed E-state index contributed by atoms with van der Waals surface area (Å²) in [4.78, 5) is 20.4. The van der Waals surface area contributed by atoms with Gasteiger partial charge in [0, 0.05) is 5.56 Å². The molecule has 0 aliphatic carbocycles. The van der Waals surface area contributed by atoms with E-state index in [1.807, 2.05) is 72.8 Å². The normalized spacial score (nSPS) is 11.0. The summed E-state index contributed by atoms with van der Waals surface area (Å²) >= 11 is 1.57. The second-order valence-corrected chi connectivity index (χ2v) is 9.25. The third kappa shape index (κ3) is 4.43. The molecule has 0 saturated carbocycles. The molecular weight excluding hydrogens is 424 g/mol. The van der Waals surface area contributed by atoms with Gasteiger partial charge in [0.25, 0.3) is 5.91 Å². The smallest absolute Gasteiger partial charge is 0.260 e. The van der Waals surface area contributed by atoms with Crippen molar-refractivity contribution in [2.45, 2.75) is 20.4 Å². The molecule has 0 saturated heterocycles. The van der Waals surface area contributed by atoms with Gasteiger partial charge in [-0.25, -0.2) is 4.98 Å². The summed E-state index contributed by atoms with van der Waals surface area (Å²) in [7, 11) is 0. The Morgan fingerprint density at radius 3 is 2.15 bits per heavy atom. The Bertz CT molecular complexity index is 1410. The largest absolute Gasteiger partial charge is 0.279 e. The van der Waals surface area contributed by atoms with Crippen molar-refractivity contribution in [3.8, 4) is 11.1 Å². The van der Waals surface area contributed by atoms with Crippen LogP contribution in [-0.4, -0.2) is 10.9 Å². The number of carbonyl (C=O) groups is 1. The van der Waals surface area contributed by atoms with Crippen LogP contribution in [0.5, 0.6) is 0 Å². The molecule has 0 aliphatic heterocycles. The number of fused-ring (bicyclic) bond motifs is 1. The first-order chi connectivity index (χ1) is 16.1. The molecule has 0 aliphatic rings. The van der Waals surface area contributed by atoms with E-state index in [0.29, 0.717) is 12.1 Å². The molecule has 5 rings (SSSR count). The summed E-state index contributed by atoms with van der Waals surface area (Å²) in [5.41, 5.74) is 7.24. The number of rotatable bonds is 5. The number of hydrogen-bond donors (Lipinski definition) is 0. The van der Waals surface area contributed by atoms with E-state index in [1.165, 1.54) is 5.56 Å². The van der Waals surface area contributed by atoms with Crippen LogP contribution in [0.1, 0.15) is 27.0 Å². The molecule has 0 spiro atoms. The maximum atomic E-state index is 13.7. The maximum absolute atomic E-state index is 13.7. The third-order valence-electron chi connectivity index (χ3n) is 5.72. The number of carbonyl (C=O) groups excluding carboxylic acids is 1. The quantitative estimate of drug-likeness (QED) is 0.280. The van der Waals surface area contributed by atoms with E-state index in [1.54, 1.807) is 16.2 Å². The van der Waals surface area contributed by atoms with Gasteiger partial charge in [0.2, 0.25) is 0 Å². The molecule has 0 radical (unpaired) electrons. The van der Waals surface area contributed by atoms with Crippen LogP contribution in [0.25, 0.3) is 21.3 Å². The molecule has 4 heteroatoms. The van der Waals surface area contributed by atoms with E-state index in [2.05, 4.69) is 38.1 Å². The highest BCUT2D eigenvalue weighted by Gasteiger charge is 2.22. The number of anilines is 1. The summed E-state index contributed by atoms with van der Waals surface area (Å²) in [6, 6.07) is 32.4. The number of aromatic nitrogens is 1. The van der Waals surface area contributed by atoms with Gasteiger partial charge in [0.05, 0.1) is 16.8 Å². The monoisotopic (exact) mass is 448 g/mol. The van der Waals surface area contributed by atoms with E-state index in [-0.39, 0.29) is 5.91 Å². The van der Waals surface area contributed by atoms with Crippen molar-refractivity contribution < 1.29 is 4.79 Å². The molecule has 33 heavy (non-hydrogen) atoms. The predicted octanol–water partition coefficient (Wildman–Crippen LogP) is 7.43. The first-order valence-electron chi connectivity index (χ1n) is 11.0. The molecule has 4 aromatic carbocycles. The van der Waals surface area contributed by atoms with Crippen LogP contribution in [0, 0.1) is 13.8 Å². The Balaban J connectivity index is 1.53. The number of benzene rings is 4. The van der Waals surface area contributed by atoms with Gasteiger partial charge in [0.15, 0.2) is 5.13 Å². The van der Waals surface area contributed by atoms with Crippen molar-refractivity contribution in [2.24, 2.45) is 0 Å². The number of aryl methyl sites for hydroxylation is 2. The van der Waals surface area contributed by atoms with Crippen molar-refractivity contribution in [3.05, 3.63) is 119 Å². The Labute approximate surface area is 198 Å². The summed E-state index contributed by atoms with van der Waals surface area (Å²) < 4.78 is 1.10. The van der Waals surface area contributed by atoms with E-state index >= 15 is 0 Å². The van der Waals surface area contributed by atoms with E-state index in [4.69, 9.17) is 4.98 Å². The lowest BCUT2D eigenvalue weighted by molar-refractivity contribution is 0.0985. The zero-order chi connectivity index (χ0) is 22.8. The van der Waals surface area contributed by atoms with Crippen molar-refractivity contribution in [1.29, 1.82) is 0 Å². The lowest BCUT2D eigenvalue weighted by Gasteiger charge is -2.20. The topological polar surface area (TPSA) is 33.2 Å². The molecule has 0 unspecified atom stereocenters. The zero-order valence-corrected chi connectivity index (χ0v) is 19.5. The molecule has 1 aromatic heterocycles. The zero-order valence-electron chi connectivity index (χ0n) is 18.7. The molecular formula is C29H24N2OS. The number of hydrogen-bond acceptors (Lipinski definition) is 3. The fraction of sp³-hybridized carbons (Fsp3) is 0.103. The molecule has 0 fully saturated rings. The van der Waals surface area contributed by atoms with Gasteiger partial charge in [0.1, 0.15) is 0 Å². The number of thiazole rings is 1. The Morgan fingerprint density at radius 2 is 1.45 bits per heavy atom. The summed E-state index contributed by atoms with van der Waals surface area (Å²) in [6.07, 6.45) is 0. The average Bonchev–Trinajstić information content (AvgIpc) is 3.27. The number of amides is 1. The highest BCUT2D eigenvalue weighted by atomic mass is 32.1. The van der Waals surface area contributed by atoms with Gasteiger partial charge in [-0.1, -0.05) is 90.2 Å². The average molecular weight is 449 g/mol. The van der Waals surface area contributed by atoms with Crippen LogP contribution in [0.2, 0.25) is 0 Å². The fourth-order valence-corrected chi connectivity index (χ4v) is 5.20. The Kier molecular flexibility index (Phi) is 5.76. The van der Waals surface area contributed by atoms with Crippen molar-refractivity contribution >= 4 is 32.6 Å². The predicted molar refractivity (Wildman–Crippen MR) is 138 cm³/mol. The highest BCUT2D eigenvalue weighted by Crippen LogP contribution is 2.33. The minimum Gasteiger partial charge on any atom is -0.279 e. The fourth-order valence-electron chi connectivity index (χ4n) is 4.06.